The van der Waals surface area contributed by atoms with Gasteiger partial charge < -0.3 is 0 Å². The first-order valence-electron chi connectivity index (χ1n) is 10.7. The highest BCUT2D eigenvalue weighted by atomic mass is 16.2. The summed E-state index contributed by atoms with van der Waals surface area (Å²) in [6.45, 7) is 0.795. The molecule has 154 valence electrons. The maximum Gasteiger partial charge on any atom is 0.249 e. The summed E-state index contributed by atoms with van der Waals surface area (Å²) in [5.41, 5.74) is 1.36. The lowest BCUT2D eigenvalue weighted by atomic mass is 9.68. The molecular weight excluding hydrogens is 390 g/mol. The molecule has 7 rings (SSSR count). The van der Waals surface area contributed by atoms with E-state index in [9.17, 15) is 4.79 Å². The Morgan fingerprint density at radius 2 is 2.06 bits per heavy atom. The third-order valence-corrected chi connectivity index (χ3v) is 7.18. The van der Waals surface area contributed by atoms with Crippen LogP contribution in [0.5, 0.6) is 0 Å². The molecule has 2 bridgehead atoms. The van der Waals surface area contributed by atoms with E-state index in [-0.39, 0.29) is 17.4 Å². The molecule has 3 aliphatic carbocycles. The number of carbonyl (C=O) groups excluding carboxylic acids is 1. The van der Waals surface area contributed by atoms with Gasteiger partial charge in [0.1, 0.15) is 6.04 Å². The van der Waals surface area contributed by atoms with E-state index in [1.54, 1.807) is 29.7 Å². The molecule has 31 heavy (non-hydrogen) atoms. The van der Waals surface area contributed by atoms with Gasteiger partial charge in [-0.1, -0.05) is 0 Å². The number of benzene rings is 1. The summed E-state index contributed by atoms with van der Waals surface area (Å²) < 4.78 is 2.02. The van der Waals surface area contributed by atoms with Crippen molar-refractivity contribution in [2.24, 2.45) is 22.4 Å². The smallest absolute Gasteiger partial charge is 0.249 e. The van der Waals surface area contributed by atoms with Gasteiger partial charge in [-0.3, -0.25) is 9.48 Å². The molecule has 0 radical (unpaired) electrons. The number of nitriles is 1. The Kier molecular flexibility index (Phi) is 3.93. The zero-order valence-electron chi connectivity index (χ0n) is 16.9. The van der Waals surface area contributed by atoms with Crippen LogP contribution < -0.4 is 0 Å². The van der Waals surface area contributed by atoms with Gasteiger partial charge in [-0.15, -0.1) is 0 Å². The minimum Gasteiger partial charge on any atom is -0.272 e. The average Bonchev–Trinajstić information content (AvgIpc) is 3.56. The third kappa shape index (κ3) is 2.76. The largest absolute Gasteiger partial charge is 0.272 e. The average molecular weight is 411 g/mol. The van der Waals surface area contributed by atoms with Crippen molar-refractivity contribution in [2.45, 2.75) is 38.3 Å². The SMILES string of the molecule is N#Cc1ccc2c(cnn2C[C@@H]2CC3(C(=O)N4N=CCC4c4ncccn4)CC2C3)c1. The van der Waals surface area contributed by atoms with Crippen molar-refractivity contribution in [1.82, 2.24) is 24.8 Å². The topological polar surface area (TPSA) is 100 Å². The van der Waals surface area contributed by atoms with Gasteiger partial charge in [-0.05, 0) is 55.4 Å². The van der Waals surface area contributed by atoms with Gasteiger partial charge in [0.15, 0.2) is 5.82 Å². The minimum atomic E-state index is -0.318. The summed E-state index contributed by atoms with van der Waals surface area (Å²) in [6.07, 6.45) is 10.4. The molecule has 0 N–H and O–H groups in total. The predicted molar refractivity (Wildman–Crippen MR) is 112 cm³/mol. The molecule has 8 heteroatoms. The lowest BCUT2D eigenvalue weighted by Crippen LogP contribution is -2.45. The van der Waals surface area contributed by atoms with Crippen LogP contribution in [0.2, 0.25) is 0 Å². The number of nitrogens with zero attached hydrogens (tertiary/aromatic N) is 7. The highest BCUT2D eigenvalue weighted by molar-refractivity contribution is 5.86. The molecule has 2 aromatic heterocycles. The van der Waals surface area contributed by atoms with E-state index in [2.05, 4.69) is 26.2 Å². The van der Waals surface area contributed by atoms with Gasteiger partial charge >= 0.3 is 0 Å². The lowest BCUT2D eigenvalue weighted by Gasteiger charge is -2.39. The number of fused-ring (bicyclic) bond motifs is 2. The second-order valence-electron chi connectivity index (χ2n) is 8.93. The summed E-state index contributed by atoms with van der Waals surface area (Å²) in [5, 5.41) is 20.7. The Bertz CT molecular complexity index is 1240. The monoisotopic (exact) mass is 411 g/mol. The van der Waals surface area contributed by atoms with Crippen molar-refractivity contribution in [1.29, 1.82) is 5.26 Å². The van der Waals surface area contributed by atoms with E-state index in [1.807, 2.05) is 29.1 Å². The molecule has 1 aliphatic heterocycles. The molecule has 1 unspecified atom stereocenters. The second-order valence-corrected chi connectivity index (χ2v) is 8.93. The van der Waals surface area contributed by atoms with Crippen LogP contribution in [0.25, 0.3) is 10.9 Å². The number of aromatic nitrogens is 4. The van der Waals surface area contributed by atoms with Gasteiger partial charge in [0.05, 0.1) is 28.8 Å². The Morgan fingerprint density at radius 1 is 1.23 bits per heavy atom. The molecule has 3 aromatic rings. The Labute approximate surface area is 179 Å². The molecule has 2 atom stereocenters. The molecule has 3 fully saturated rings. The van der Waals surface area contributed by atoms with E-state index in [0.717, 1.165) is 36.7 Å². The van der Waals surface area contributed by atoms with Gasteiger partial charge in [-0.25, -0.2) is 15.0 Å². The van der Waals surface area contributed by atoms with E-state index < -0.39 is 0 Å². The van der Waals surface area contributed by atoms with Crippen LogP contribution in [0.15, 0.2) is 48.0 Å². The molecule has 3 saturated carbocycles. The van der Waals surface area contributed by atoms with Crippen LogP contribution in [0.1, 0.15) is 43.1 Å². The first-order chi connectivity index (χ1) is 15.2. The number of amides is 1. The second kappa shape index (κ2) is 6.71. The van der Waals surface area contributed by atoms with Crippen LogP contribution in [0.3, 0.4) is 0 Å². The fourth-order valence-corrected chi connectivity index (χ4v) is 5.66. The number of hydrazone groups is 1. The summed E-state index contributed by atoms with van der Waals surface area (Å²) in [4.78, 5) is 22.2. The van der Waals surface area contributed by atoms with Crippen molar-refractivity contribution in [3.8, 4) is 6.07 Å². The van der Waals surface area contributed by atoms with Crippen molar-refractivity contribution >= 4 is 23.0 Å². The Balaban J connectivity index is 1.20. The quantitative estimate of drug-likeness (QED) is 0.657. The minimum absolute atomic E-state index is 0.112. The zero-order chi connectivity index (χ0) is 21.0. The van der Waals surface area contributed by atoms with Gasteiger partial charge in [0.2, 0.25) is 5.91 Å². The fraction of sp³-hybridized carbons (Fsp3) is 0.391. The van der Waals surface area contributed by atoms with E-state index in [0.29, 0.717) is 29.6 Å². The molecular formula is C23H21N7O. The highest BCUT2D eigenvalue weighted by Gasteiger charge is 2.62. The Hall–Kier alpha value is -3.60. The fourth-order valence-electron chi connectivity index (χ4n) is 5.66. The van der Waals surface area contributed by atoms with Crippen molar-refractivity contribution in [3.63, 3.8) is 0 Å². The van der Waals surface area contributed by atoms with Crippen LogP contribution in [0.4, 0.5) is 0 Å². The van der Waals surface area contributed by atoms with Gasteiger partial charge in [-0.2, -0.15) is 15.5 Å². The summed E-state index contributed by atoms with van der Waals surface area (Å²) in [6, 6.07) is 9.42. The molecule has 1 amide bonds. The zero-order valence-corrected chi connectivity index (χ0v) is 16.9. The summed E-state index contributed by atoms with van der Waals surface area (Å²) in [5.74, 6) is 1.72. The van der Waals surface area contributed by atoms with Crippen LogP contribution in [0, 0.1) is 28.6 Å². The third-order valence-electron chi connectivity index (χ3n) is 7.18. The molecule has 0 spiro atoms. The Morgan fingerprint density at radius 3 is 2.87 bits per heavy atom. The van der Waals surface area contributed by atoms with E-state index in [1.165, 1.54) is 0 Å². The first-order valence-corrected chi connectivity index (χ1v) is 10.7. The molecule has 4 aliphatic rings. The molecule has 1 aromatic carbocycles. The van der Waals surface area contributed by atoms with Crippen LogP contribution in [-0.4, -0.2) is 36.9 Å². The van der Waals surface area contributed by atoms with Crippen LogP contribution >= 0.6 is 0 Å². The van der Waals surface area contributed by atoms with Crippen molar-refractivity contribution < 1.29 is 4.79 Å². The first kappa shape index (κ1) is 18.2. The number of hydrogen-bond acceptors (Lipinski definition) is 6. The lowest BCUT2D eigenvalue weighted by molar-refractivity contribution is -0.148. The molecule has 0 saturated heterocycles. The summed E-state index contributed by atoms with van der Waals surface area (Å²) in [7, 11) is 0. The maximum atomic E-state index is 13.5. The standard InChI is InChI=1S/C23H21N7O/c24-12-15-2-3-19-16(8-15)13-28-29(19)14-18-11-23(9-17(18)10-23)22(31)30-20(4-7-27-30)21-25-5-1-6-26-21/h1-3,5-8,13,17-18,20H,4,9-11,14H2/t17?,18-,20?,23?/m0/s1. The van der Waals surface area contributed by atoms with Crippen molar-refractivity contribution in [3.05, 3.63) is 54.2 Å². The highest BCUT2D eigenvalue weighted by Crippen LogP contribution is 2.63. The predicted octanol–water partition coefficient (Wildman–Crippen LogP) is 3.07. The van der Waals surface area contributed by atoms with E-state index >= 15 is 0 Å². The normalized spacial score (nSPS) is 28.6. The van der Waals surface area contributed by atoms with Crippen molar-refractivity contribution in [2.75, 3.05) is 0 Å². The molecule has 8 nitrogen and oxygen atoms in total. The van der Waals surface area contributed by atoms with E-state index in [4.69, 9.17) is 5.26 Å². The van der Waals surface area contributed by atoms with Gasteiger partial charge in [0, 0.05) is 37.0 Å². The number of rotatable bonds is 4. The molecule has 3 heterocycles. The number of carbonyl (C=O) groups is 1. The summed E-state index contributed by atoms with van der Waals surface area (Å²) >= 11 is 0. The van der Waals surface area contributed by atoms with Gasteiger partial charge in [0.25, 0.3) is 0 Å². The van der Waals surface area contributed by atoms with Crippen LogP contribution in [-0.2, 0) is 11.3 Å². The number of hydrogen-bond donors (Lipinski definition) is 0. The maximum absolute atomic E-state index is 13.5.